The Balaban J connectivity index is 1.60. The zero-order chi connectivity index (χ0) is 27.1. The molecule has 0 bridgehead atoms. The lowest BCUT2D eigenvalue weighted by Gasteiger charge is -2.41. The first-order valence-electron chi connectivity index (χ1n) is 13.3. The Morgan fingerprint density at radius 1 is 0.575 bits per heavy atom. The third-order valence-corrected chi connectivity index (χ3v) is 7.74. The van der Waals surface area contributed by atoms with Crippen LogP contribution < -0.4 is 15.0 Å². The minimum atomic E-state index is -0.916. The molecule has 1 unspecified atom stereocenters. The predicted octanol–water partition coefficient (Wildman–Crippen LogP) is 7.52. The molecule has 2 aliphatic heterocycles. The van der Waals surface area contributed by atoms with E-state index in [4.69, 9.17) is 17.3 Å². The smallest absolute Gasteiger partial charge is 0.211 e. The van der Waals surface area contributed by atoms with Gasteiger partial charge >= 0.3 is 0 Å². The number of aryl methyl sites for hydroxylation is 1. The second kappa shape index (κ2) is 9.75. The number of rotatable bonds is 5. The van der Waals surface area contributed by atoms with Crippen LogP contribution >= 0.6 is 12.2 Å². The number of fused-ring (bicyclic) bond motifs is 1. The fourth-order valence-electron chi connectivity index (χ4n) is 5.59. The first-order chi connectivity index (χ1) is 19.7. The van der Waals surface area contributed by atoms with Gasteiger partial charge in [0.2, 0.25) is 5.66 Å². The molecule has 6 heteroatoms. The van der Waals surface area contributed by atoms with Gasteiger partial charge in [-0.3, -0.25) is 4.90 Å². The summed E-state index contributed by atoms with van der Waals surface area (Å²) >= 11 is 6.42. The van der Waals surface area contributed by atoms with Gasteiger partial charge in [-0.1, -0.05) is 120 Å². The summed E-state index contributed by atoms with van der Waals surface area (Å²) < 4.78 is 0. The molecule has 0 N–H and O–H groups in total. The van der Waals surface area contributed by atoms with E-state index >= 15 is 0 Å². The maximum Gasteiger partial charge on any atom is 0.211 e. The molecule has 5 aromatic rings. The number of para-hydroxylation sites is 2. The highest BCUT2D eigenvalue weighted by atomic mass is 32.1. The van der Waals surface area contributed by atoms with Crippen LogP contribution in [0.15, 0.2) is 151 Å². The van der Waals surface area contributed by atoms with E-state index in [0.29, 0.717) is 5.11 Å². The van der Waals surface area contributed by atoms with Gasteiger partial charge in [0.05, 0.1) is 11.4 Å². The molecule has 0 aromatic heterocycles. The van der Waals surface area contributed by atoms with Gasteiger partial charge < -0.3 is 0 Å². The molecule has 40 heavy (non-hydrogen) atoms. The van der Waals surface area contributed by atoms with Crippen LogP contribution in [0.25, 0.3) is 0 Å². The van der Waals surface area contributed by atoms with E-state index in [2.05, 4.69) is 119 Å². The van der Waals surface area contributed by atoms with E-state index in [1.165, 1.54) is 5.56 Å². The second-order valence-electron chi connectivity index (χ2n) is 9.87. The molecule has 194 valence electrons. The molecule has 1 saturated heterocycles. The van der Waals surface area contributed by atoms with Crippen molar-refractivity contribution >= 4 is 40.1 Å². The second-order valence-corrected chi connectivity index (χ2v) is 10.2. The highest BCUT2D eigenvalue weighted by Crippen LogP contribution is 2.52. The highest BCUT2D eigenvalue weighted by molar-refractivity contribution is 7.80. The molecule has 0 radical (unpaired) electrons. The summed E-state index contributed by atoms with van der Waals surface area (Å²) in [6.45, 7) is 2.10. The summed E-state index contributed by atoms with van der Waals surface area (Å²) in [6, 6.07) is 50.0. The van der Waals surface area contributed by atoms with E-state index in [1.54, 1.807) is 0 Å². The minimum Gasteiger partial charge on any atom is -0.285 e. The van der Waals surface area contributed by atoms with Gasteiger partial charge in [0.15, 0.2) is 5.11 Å². The maximum absolute atomic E-state index is 6.42. The van der Waals surface area contributed by atoms with Crippen molar-refractivity contribution in [2.24, 2.45) is 5.10 Å². The molecule has 5 aromatic carbocycles. The topological polar surface area (TPSA) is 25.3 Å². The molecule has 1 fully saturated rings. The number of hydrogen-bond acceptors (Lipinski definition) is 4. The van der Waals surface area contributed by atoms with Crippen molar-refractivity contribution in [2.75, 3.05) is 15.0 Å². The normalized spacial score (nSPS) is 18.7. The lowest BCUT2D eigenvalue weighted by Crippen LogP contribution is -2.58. The van der Waals surface area contributed by atoms with Crippen molar-refractivity contribution in [3.8, 4) is 0 Å². The fourth-order valence-corrected chi connectivity index (χ4v) is 6.01. The first-order valence-corrected chi connectivity index (χ1v) is 13.7. The number of benzene rings is 5. The lowest BCUT2D eigenvalue weighted by molar-refractivity contribution is 0.195. The molecular formula is C34H27N5S. The largest absolute Gasteiger partial charge is 0.285 e. The Morgan fingerprint density at radius 2 is 1.10 bits per heavy atom. The molecule has 0 spiro atoms. The predicted molar refractivity (Wildman–Crippen MR) is 167 cm³/mol. The number of nitrogens with zero attached hydrogens (tertiary/aromatic N) is 5. The summed E-state index contributed by atoms with van der Waals surface area (Å²) in [6.07, 6.45) is 0. The van der Waals surface area contributed by atoms with Crippen LogP contribution in [-0.4, -0.2) is 15.9 Å². The van der Waals surface area contributed by atoms with Crippen LogP contribution in [-0.2, 0) is 5.66 Å². The summed E-state index contributed by atoms with van der Waals surface area (Å²) in [5.74, 6) is 0. The summed E-state index contributed by atoms with van der Waals surface area (Å²) in [5, 5.41) is 12.4. The molecule has 0 saturated carbocycles. The number of anilines is 3. The van der Waals surface area contributed by atoms with Gasteiger partial charge in [0.1, 0.15) is 5.71 Å². The van der Waals surface area contributed by atoms with Crippen molar-refractivity contribution in [1.29, 1.82) is 0 Å². The lowest BCUT2D eigenvalue weighted by atomic mass is 9.88. The molecule has 1 atom stereocenters. The summed E-state index contributed by atoms with van der Waals surface area (Å²) in [5.41, 5.74) is 6.10. The Hall–Kier alpha value is -4.78. The van der Waals surface area contributed by atoms with E-state index < -0.39 is 5.66 Å². The van der Waals surface area contributed by atoms with Gasteiger partial charge in [-0.05, 0) is 55.5 Å². The quantitative estimate of drug-likeness (QED) is 0.216. The molecule has 2 heterocycles. The number of hydrogen-bond donors (Lipinski definition) is 0. The number of hydrazine groups is 2. The SMILES string of the molecule is Cc1ccc(N2C(=S)N(c3ccccc3)N3N(c4ccccc4)N=C(c4ccccc4)C23c2ccccc2)cc1. The average Bonchev–Trinajstić information content (AvgIpc) is 3.49. The van der Waals surface area contributed by atoms with Crippen molar-refractivity contribution in [1.82, 2.24) is 5.12 Å². The van der Waals surface area contributed by atoms with Crippen LogP contribution in [0.3, 0.4) is 0 Å². The van der Waals surface area contributed by atoms with Crippen molar-refractivity contribution in [2.45, 2.75) is 12.6 Å². The number of hydrazone groups is 1. The third kappa shape index (κ3) is 3.65. The van der Waals surface area contributed by atoms with E-state index in [9.17, 15) is 0 Å². The van der Waals surface area contributed by atoms with E-state index in [-0.39, 0.29) is 0 Å². The fraction of sp³-hybridized carbons (Fsp3) is 0.0588. The monoisotopic (exact) mass is 537 g/mol. The third-order valence-electron chi connectivity index (χ3n) is 7.38. The van der Waals surface area contributed by atoms with Gasteiger partial charge in [-0.25, -0.2) is 5.01 Å². The Labute approximate surface area is 239 Å². The van der Waals surface area contributed by atoms with Gasteiger partial charge in [-0.15, -0.1) is 0 Å². The Kier molecular flexibility index (Phi) is 5.92. The van der Waals surface area contributed by atoms with Crippen molar-refractivity contribution in [3.63, 3.8) is 0 Å². The Morgan fingerprint density at radius 3 is 1.70 bits per heavy atom. The van der Waals surface area contributed by atoms with E-state index in [0.717, 1.165) is 33.9 Å². The molecular weight excluding hydrogens is 510 g/mol. The van der Waals surface area contributed by atoms with E-state index in [1.807, 2.05) is 53.6 Å². The molecule has 2 aliphatic rings. The zero-order valence-corrected chi connectivity index (χ0v) is 22.8. The molecule has 0 amide bonds. The van der Waals surface area contributed by atoms with Crippen molar-refractivity contribution in [3.05, 3.63) is 162 Å². The Bertz CT molecular complexity index is 1680. The first kappa shape index (κ1) is 24.3. The molecule has 7 rings (SSSR count). The van der Waals surface area contributed by atoms with Crippen LogP contribution in [0.1, 0.15) is 16.7 Å². The maximum atomic E-state index is 6.42. The minimum absolute atomic E-state index is 0.656. The summed E-state index contributed by atoms with van der Waals surface area (Å²) in [4.78, 5) is 2.25. The molecule has 0 aliphatic carbocycles. The van der Waals surface area contributed by atoms with Crippen LogP contribution in [0.2, 0.25) is 0 Å². The van der Waals surface area contributed by atoms with Crippen LogP contribution in [0.5, 0.6) is 0 Å². The van der Waals surface area contributed by atoms with Gasteiger partial charge in [0.25, 0.3) is 0 Å². The van der Waals surface area contributed by atoms with Gasteiger partial charge in [-0.2, -0.15) is 10.2 Å². The zero-order valence-electron chi connectivity index (χ0n) is 22.0. The highest BCUT2D eigenvalue weighted by Gasteiger charge is 2.65. The van der Waals surface area contributed by atoms with Crippen LogP contribution in [0.4, 0.5) is 17.1 Å². The average molecular weight is 538 g/mol. The van der Waals surface area contributed by atoms with Crippen LogP contribution in [0, 0.1) is 6.92 Å². The number of thiocarbonyl (C=S) groups is 1. The summed E-state index contributed by atoms with van der Waals surface area (Å²) in [7, 11) is 0. The van der Waals surface area contributed by atoms with Gasteiger partial charge in [0, 0.05) is 16.8 Å². The van der Waals surface area contributed by atoms with Crippen molar-refractivity contribution < 1.29 is 0 Å². The standard InChI is InChI=1S/C34H27N5S/c1-26-22-24-29(25-23-26)36-33(40)37(30-18-10-4-11-19-30)39-34(36,28-16-8-3-9-17-28)32(27-14-6-2-7-15-27)35-38(39)31-20-12-5-13-21-31/h2-25H,1H3. The molecule has 5 nitrogen and oxygen atoms in total.